The molecule has 3 aromatic rings. The van der Waals surface area contributed by atoms with Gasteiger partial charge in [-0.1, -0.05) is 30.2 Å². The van der Waals surface area contributed by atoms with Gasteiger partial charge in [-0.2, -0.15) is 5.10 Å². The number of aromatic nitrogens is 3. The Kier molecular flexibility index (Phi) is 5.76. The molecule has 150 valence electrons. The summed E-state index contributed by atoms with van der Waals surface area (Å²) in [6, 6.07) is 12.4. The van der Waals surface area contributed by atoms with E-state index in [0.717, 1.165) is 31.6 Å². The van der Waals surface area contributed by atoms with E-state index in [-0.39, 0.29) is 12.4 Å². The maximum Gasteiger partial charge on any atom is 0.326 e. The number of anilines is 2. The Balaban J connectivity index is 1.61. The van der Waals surface area contributed by atoms with E-state index in [1.165, 1.54) is 23.5 Å². The van der Waals surface area contributed by atoms with Gasteiger partial charge in [0.2, 0.25) is 0 Å². The van der Waals surface area contributed by atoms with Gasteiger partial charge in [0.05, 0.1) is 17.3 Å². The molecule has 6 nitrogen and oxygen atoms in total. The van der Waals surface area contributed by atoms with Gasteiger partial charge in [0, 0.05) is 18.7 Å². The first kappa shape index (κ1) is 19.4. The lowest BCUT2D eigenvalue weighted by Crippen LogP contribution is -2.35. The first-order valence-corrected chi connectivity index (χ1v) is 9.99. The Morgan fingerprint density at radius 1 is 1.14 bits per heavy atom. The van der Waals surface area contributed by atoms with Crippen molar-refractivity contribution in [2.75, 3.05) is 10.2 Å². The lowest BCUT2D eigenvalue weighted by molar-refractivity contribution is 0.256. The van der Waals surface area contributed by atoms with Gasteiger partial charge >= 0.3 is 6.03 Å². The first-order chi connectivity index (χ1) is 14.1. The highest BCUT2D eigenvalue weighted by Gasteiger charge is 2.21. The van der Waals surface area contributed by atoms with Gasteiger partial charge in [-0.3, -0.25) is 4.90 Å². The monoisotopic (exact) mass is 413 g/mol. The van der Waals surface area contributed by atoms with Gasteiger partial charge in [0.1, 0.15) is 11.6 Å². The maximum absolute atomic E-state index is 13.4. The molecule has 0 bridgehead atoms. The predicted octanol–water partition coefficient (Wildman–Crippen LogP) is 5.04. The van der Waals surface area contributed by atoms with E-state index < -0.39 is 6.03 Å². The molecule has 0 unspecified atom stereocenters. The van der Waals surface area contributed by atoms with Gasteiger partial charge in [0.25, 0.3) is 0 Å². The second-order valence-electron chi connectivity index (χ2n) is 6.95. The third-order valence-corrected chi connectivity index (χ3v) is 5.19. The van der Waals surface area contributed by atoms with Crippen LogP contribution in [0, 0.1) is 5.82 Å². The number of carbonyl (C=O) groups excluding carboxylic acids is 1. The molecule has 0 fully saturated rings. The third kappa shape index (κ3) is 4.56. The van der Waals surface area contributed by atoms with Crippen molar-refractivity contribution in [3.05, 3.63) is 71.0 Å². The molecule has 29 heavy (non-hydrogen) atoms. The minimum absolute atomic E-state index is 0.169. The number of aryl methyl sites for hydroxylation is 2. The summed E-state index contributed by atoms with van der Waals surface area (Å²) in [5.74, 6) is 1.13. The topological polar surface area (TPSA) is 63.1 Å². The molecule has 1 N–H and O–H groups in total. The molecule has 0 saturated heterocycles. The summed E-state index contributed by atoms with van der Waals surface area (Å²) in [6.07, 6.45) is 4.22. The van der Waals surface area contributed by atoms with Crippen molar-refractivity contribution in [1.82, 2.24) is 14.8 Å². The Hall–Kier alpha value is -2.93. The summed E-state index contributed by atoms with van der Waals surface area (Å²) >= 11 is 6.17. The van der Waals surface area contributed by atoms with Crippen LogP contribution in [-0.2, 0) is 19.5 Å². The summed E-state index contributed by atoms with van der Waals surface area (Å²) in [4.78, 5) is 19.2. The number of carbonyl (C=O) groups is 1. The number of nitrogens with zero attached hydrogens (tertiary/aromatic N) is 4. The fourth-order valence-corrected chi connectivity index (χ4v) is 3.55. The number of halogens is 2. The number of fused-ring (bicyclic) bond motifs is 1. The molecular weight excluding hydrogens is 393 g/mol. The zero-order valence-corrected chi connectivity index (χ0v) is 16.6. The second-order valence-corrected chi connectivity index (χ2v) is 7.36. The van der Waals surface area contributed by atoms with Gasteiger partial charge < -0.3 is 5.32 Å². The molecule has 0 atom stereocenters. The predicted molar refractivity (Wildman–Crippen MR) is 111 cm³/mol. The average molecular weight is 414 g/mol. The number of benzene rings is 2. The van der Waals surface area contributed by atoms with Crippen molar-refractivity contribution >= 4 is 29.0 Å². The van der Waals surface area contributed by atoms with E-state index in [1.54, 1.807) is 36.4 Å². The van der Waals surface area contributed by atoms with E-state index in [0.29, 0.717) is 22.2 Å². The normalized spacial score (nSPS) is 13.4. The molecule has 0 saturated carbocycles. The number of hydrogen-bond acceptors (Lipinski definition) is 3. The van der Waals surface area contributed by atoms with Crippen LogP contribution in [0.1, 0.15) is 30.9 Å². The lowest BCUT2D eigenvalue weighted by atomic mass is 10.2. The number of hydrogen-bond donors (Lipinski definition) is 1. The zero-order chi connectivity index (χ0) is 20.2. The zero-order valence-electron chi connectivity index (χ0n) is 15.8. The summed E-state index contributed by atoms with van der Waals surface area (Å²) in [5, 5.41) is 7.84. The fourth-order valence-electron chi connectivity index (χ4n) is 3.37. The van der Waals surface area contributed by atoms with E-state index >= 15 is 0 Å². The van der Waals surface area contributed by atoms with Crippen molar-refractivity contribution in [3.63, 3.8) is 0 Å². The van der Waals surface area contributed by atoms with E-state index in [9.17, 15) is 9.18 Å². The number of nitrogens with one attached hydrogen (secondary N) is 1. The highest BCUT2D eigenvalue weighted by Crippen LogP contribution is 2.24. The highest BCUT2D eigenvalue weighted by molar-refractivity contribution is 6.33. The Morgan fingerprint density at radius 3 is 2.72 bits per heavy atom. The van der Waals surface area contributed by atoms with Crippen LogP contribution in [0.5, 0.6) is 0 Å². The highest BCUT2D eigenvalue weighted by atomic mass is 35.5. The Labute approximate surface area is 173 Å². The van der Waals surface area contributed by atoms with E-state index in [4.69, 9.17) is 11.6 Å². The molecule has 1 aliphatic rings. The number of amides is 2. The van der Waals surface area contributed by atoms with Crippen LogP contribution in [0.3, 0.4) is 0 Å². The van der Waals surface area contributed by atoms with Gasteiger partial charge in [0.15, 0.2) is 5.82 Å². The second kappa shape index (κ2) is 8.61. The smallest absolute Gasteiger partial charge is 0.306 e. The SMILES string of the molecule is O=C(Nc1ccccc1Cl)N(Cc1nc2n(n1)CCCCC2)c1ccc(F)cc1. The lowest BCUT2D eigenvalue weighted by Gasteiger charge is -2.22. The molecule has 2 heterocycles. The molecule has 2 aromatic carbocycles. The molecule has 0 spiro atoms. The van der Waals surface area contributed by atoms with Crippen molar-refractivity contribution < 1.29 is 9.18 Å². The van der Waals surface area contributed by atoms with Crippen LogP contribution in [0.4, 0.5) is 20.6 Å². The van der Waals surface area contributed by atoms with Gasteiger partial charge in [-0.05, 0) is 49.2 Å². The molecule has 0 radical (unpaired) electrons. The maximum atomic E-state index is 13.4. The molecule has 0 aliphatic carbocycles. The minimum atomic E-state index is -0.394. The molecule has 8 heteroatoms. The van der Waals surface area contributed by atoms with Crippen LogP contribution >= 0.6 is 11.6 Å². The van der Waals surface area contributed by atoms with Crippen molar-refractivity contribution in [3.8, 4) is 0 Å². The van der Waals surface area contributed by atoms with Gasteiger partial charge in [-0.15, -0.1) is 0 Å². The van der Waals surface area contributed by atoms with E-state index in [1.807, 2.05) is 4.68 Å². The Morgan fingerprint density at radius 2 is 1.93 bits per heavy atom. The third-order valence-electron chi connectivity index (χ3n) is 4.86. The summed E-state index contributed by atoms with van der Waals surface area (Å²) < 4.78 is 15.3. The van der Waals surface area contributed by atoms with Crippen molar-refractivity contribution in [2.45, 2.75) is 38.8 Å². The molecule has 1 aliphatic heterocycles. The number of rotatable bonds is 4. The molecular formula is C21H21ClFN5O. The molecule has 2 amide bonds. The largest absolute Gasteiger partial charge is 0.326 e. The van der Waals surface area contributed by atoms with Crippen LogP contribution in [0.25, 0.3) is 0 Å². The van der Waals surface area contributed by atoms with Crippen LogP contribution < -0.4 is 10.2 Å². The number of urea groups is 1. The van der Waals surface area contributed by atoms with Crippen molar-refractivity contribution in [1.29, 1.82) is 0 Å². The quantitative estimate of drug-likeness (QED) is 0.652. The van der Waals surface area contributed by atoms with E-state index in [2.05, 4.69) is 15.4 Å². The Bertz CT molecular complexity index is 981. The van der Waals surface area contributed by atoms with Gasteiger partial charge in [-0.25, -0.2) is 18.9 Å². The molecule has 1 aromatic heterocycles. The standard InChI is InChI=1S/C21H21ClFN5O/c22-17-6-3-4-7-18(17)24-21(29)27(16-11-9-15(23)10-12-16)14-19-25-20-8-2-1-5-13-28(20)26-19/h3-4,6-7,9-12H,1-2,5,8,13-14H2,(H,24,29). The summed E-state index contributed by atoms with van der Waals surface area (Å²) in [6.45, 7) is 1.01. The van der Waals surface area contributed by atoms with Crippen LogP contribution in [-0.4, -0.2) is 20.8 Å². The minimum Gasteiger partial charge on any atom is -0.306 e. The number of para-hydroxylation sites is 1. The average Bonchev–Trinajstić information content (AvgIpc) is 2.97. The first-order valence-electron chi connectivity index (χ1n) is 9.61. The summed E-state index contributed by atoms with van der Waals surface area (Å²) in [7, 11) is 0. The van der Waals surface area contributed by atoms with Crippen LogP contribution in [0.15, 0.2) is 48.5 Å². The molecule has 4 rings (SSSR count). The fraction of sp³-hybridized carbons (Fsp3) is 0.286. The van der Waals surface area contributed by atoms with Crippen molar-refractivity contribution in [2.24, 2.45) is 0 Å². The van der Waals surface area contributed by atoms with Crippen LogP contribution in [0.2, 0.25) is 5.02 Å². The summed E-state index contributed by atoms with van der Waals surface area (Å²) in [5.41, 5.74) is 1.04.